The van der Waals surface area contributed by atoms with Crippen LogP contribution in [0.3, 0.4) is 0 Å². The second-order valence-corrected chi connectivity index (χ2v) is 4.68. The van der Waals surface area contributed by atoms with Gasteiger partial charge in [0.05, 0.1) is 5.92 Å². The van der Waals surface area contributed by atoms with E-state index in [-0.39, 0.29) is 24.2 Å². The fourth-order valence-corrected chi connectivity index (χ4v) is 2.21. The fourth-order valence-electron chi connectivity index (χ4n) is 2.21. The highest BCUT2D eigenvalue weighted by Crippen LogP contribution is 2.19. The molecule has 0 spiro atoms. The van der Waals surface area contributed by atoms with E-state index in [9.17, 15) is 9.18 Å². The molecular formula is C17H18FNO. The maximum absolute atomic E-state index is 13.5. The van der Waals surface area contributed by atoms with Crippen molar-refractivity contribution in [2.75, 3.05) is 0 Å². The molecule has 0 heterocycles. The second kappa shape index (κ2) is 6.85. The summed E-state index contributed by atoms with van der Waals surface area (Å²) in [7, 11) is 0. The first-order chi connectivity index (χ1) is 9.72. The molecule has 3 heteroatoms. The molecule has 0 radical (unpaired) electrons. The third-order valence-corrected chi connectivity index (χ3v) is 3.34. The van der Waals surface area contributed by atoms with Gasteiger partial charge in [0, 0.05) is 12.1 Å². The molecule has 20 heavy (non-hydrogen) atoms. The Morgan fingerprint density at radius 1 is 1.10 bits per heavy atom. The van der Waals surface area contributed by atoms with Gasteiger partial charge in [0.25, 0.3) is 0 Å². The molecule has 2 rings (SSSR count). The summed E-state index contributed by atoms with van der Waals surface area (Å²) in [5.41, 5.74) is 1.49. The van der Waals surface area contributed by atoms with Crippen molar-refractivity contribution in [1.29, 1.82) is 0 Å². The van der Waals surface area contributed by atoms with Gasteiger partial charge in [-0.25, -0.2) is 4.39 Å². The Bertz CT molecular complexity index is 568. The van der Waals surface area contributed by atoms with Gasteiger partial charge in [-0.15, -0.1) is 0 Å². The summed E-state index contributed by atoms with van der Waals surface area (Å²) in [6.45, 7) is 2.19. The highest BCUT2D eigenvalue weighted by molar-refractivity contribution is 5.83. The molecule has 2 aromatic carbocycles. The minimum Gasteiger partial charge on any atom is -0.351 e. The summed E-state index contributed by atoms with van der Waals surface area (Å²) in [5, 5.41) is 2.81. The lowest BCUT2D eigenvalue weighted by atomic mass is 9.95. The minimum atomic E-state index is -0.291. The number of halogens is 1. The Kier molecular flexibility index (Phi) is 4.88. The van der Waals surface area contributed by atoms with E-state index in [0.717, 1.165) is 5.56 Å². The van der Waals surface area contributed by atoms with Gasteiger partial charge in [0.1, 0.15) is 5.82 Å². The van der Waals surface area contributed by atoms with Crippen LogP contribution < -0.4 is 5.32 Å². The van der Waals surface area contributed by atoms with Crippen LogP contribution in [0.2, 0.25) is 0 Å². The van der Waals surface area contributed by atoms with Crippen LogP contribution in [-0.4, -0.2) is 5.91 Å². The van der Waals surface area contributed by atoms with Crippen LogP contribution in [-0.2, 0) is 11.3 Å². The molecule has 0 aliphatic heterocycles. The second-order valence-electron chi connectivity index (χ2n) is 4.68. The summed E-state index contributed by atoms with van der Waals surface area (Å²) >= 11 is 0. The predicted octanol–water partition coefficient (Wildman–Crippen LogP) is 3.64. The highest BCUT2D eigenvalue weighted by atomic mass is 19.1. The average Bonchev–Trinajstić information content (AvgIpc) is 2.48. The van der Waals surface area contributed by atoms with E-state index in [1.807, 2.05) is 37.3 Å². The highest BCUT2D eigenvalue weighted by Gasteiger charge is 2.18. The van der Waals surface area contributed by atoms with E-state index in [0.29, 0.717) is 12.0 Å². The Morgan fingerprint density at radius 3 is 2.40 bits per heavy atom. The van der Waals surface area contributed by atoms with Gasteiger partial charge in [-0.1, -0.05) is 55.5 Å². The molecule has 0 fully saturated rings. The van der Waals surface area contributed by atoms with Gasteiger partial charge < -0.3 is 5.32 Å². The molecule has 2 nitrogen and oxygen atoms in total. The smallest absolute Gasteiger partial charge is 0.227 e. The van der Waals surface area contributed by atoms with Crippen LogP contribution in [0.1, 0.15) is 30.4 Å². The zero-order chi connectivity index (χ0) is 14.4. The van der Waals surface area contributed by atoms with E-state index >= 15 is 0 Å². The van der Waals surface area contributed by atoms with Gasteiger partial charge in [-0.2, -0.15) is 0 Å². The van der Waals surface area contributed by atoms with E-state index < -0.39 is 0 Å². The Morgan fingerprint density at radius 2 is 1.75 bits per heavy atom. The number of carbonyl (C=O) groups excluding carboxylic acids is 1. The molecule has 1 atom stereocenters. The van der Waals surface area contributed by atoms with Crippen molar-refractivity contribution in [3.63, 3.8) is 0 Å². The van der Waals surface area contributed by atoms with Crippen molar-refractivity contribution in [1.82, 2.24) is 5.32 Å². The average molecular weight is 271 g/mol. The first kappa shape index (κ1) is 14.3. The Hall–Kier alpha value is -2.16. The molecule has 1 N–H and O–H groups in total. The van der Waals surface area contributed by atoms with Crippen LogP contribution in [0.25, 0.3) is 0 Å². The van der Waals surface area contributed by atoms with E-state index in [1.165, 1.54) is 6.07 Å². The van der Waals surface area contributed by atoms with Crippen LogP contribution in [0, 0.1) is 5.82 Å². The summed E-state index contributed by atoms with van der Waals surface area (Å²) in [6, 6.07) is 16.1. The quantitative estimate of drug-likeness (QED) is 0.884. The van der Waals surface area contributed by atoms with Crippen molar-refractivity contribution >= 4 is 5.91 Å². The molecule has 0 saturated carbocycles. The third kappa shape index (κ3) is 3.44. The van der Waals surface area contributed by atoms with Crippen molar-refractivity contribution in [3.05, 3.63) is 71.5 Å². The molecule has 0 aliphatic carbocycles. The van der Waals surface area contributed by atoms with E-state index in [2.05, 4.69) is 5.32 Å². The van der Waals surface area contributed by atoms with Crippen LogP contribution in [0.5, 0.6) is 0 Å². The monoisotopic (exact) mass is 271 g/mol. The molecule has 0 aromatic heterocycles. The van der Waals surface area contributed by atoms with Gasteiger partial charge in [0.15, 0.2) is 0 Å². The van der Waals surface area contributed by atoms with Gasteiger partial charge >= 0.3 is 0 Å². The van der Waals surface area contributed by atoms with Crippen molar-refractivity contribution in [3.8, 4) is 0 Å². The molecular weight excluding hydrogens is 253 g/mol. The SMILES string of the molecule is CCC(C(=O)NCc1ccccc1F)c1ccccc1. The molecule has 0 aliphatic rings. The number of carbonyl (C=O) groups is 1. The molecule has 104 valence electrons. The molecule has 1 unspecified atom stereocenters. The van der Waals surface area contributed by atoms with Crippen LogP contribution in [0.15, 0.2) is 54.6 Å². The van der Waals surface area contributed by atoms with Crippen molar-refractivity contribution in [2.45, 2.75) is 25.8 Å². The van der Waals surface area contributed by atoms with Crippen molar-refractivity contribution < 1.29 is 9.18 Å². The van der Waals surface area contributed by atoms with Gasteiger partial charge in [-0.05, 0) is 18.1 Å². The minimum absolute atomic E-state index is 0.0676. The summed E-state index contributed by atoms with van der Waals surface area (Å²) in [4.78, 5) is 12.2. The fraction of sp³-hybridized carbons (Fsp3) is 0.235. The number of amides is 1. The maximum Gasteiger partial charge on any atom is 0.227 e. The van der Waals surface area contributed by atoms with E-state index in [4.69, 9.17) is 0 Å². The van der Waals surface area contributed by atoms with Crippen LogP contribution in [0.4, 0.5) is 4.39 Å². The zero-order valence-electron chi connectivity index (χ0n) is 11.5. The maximum atomic E-state index is 13.5. The number of hydrogen-bond donors (Lipinski definition) is 1. The summed E-state index contributed by atoms with van der Waals surface area (Å²) in [6.07, 6.45) is 0.715. The molecule has 1 amide bonds. The number of rotatable bonds is 5. The van der Waals surface area contributed by atoms with Crippen molar-refractivity contribution in [2.24, 2.45) is 0 Å². The Balaban J connectivity index is 2.02. The lowest BCUT2D eigenvalue weighted by Gasteiger charge is -2.15. The standard InChI is InChI=1S/C17H18FNO/c1-2-15(13-8-4-3-5-9-13)17(20)19-12-14-10-6-7-11-16(14)18/h3-11,15H,2,12H2,1H3,(H,19,20). The topological polar surface area (TPSA) is 29.1 Å². The number of nitrogens with one attached hydrogen (secondary N) is 1. The predicted molar refractivity (Wildman–Crippen MR) is 77.7 cm³/mol. The lowest BCUT2D eigenvalue weighted by Crippen LogP contribution is -2.29. The molecule has 2 aromatic rings. The Labute approximate surface area is 118 Å². The van der Waals surface area contributed by atoms with E-state index in [1.54, 1.807) is 18.2 Å². The third-order valence-electron chi connectivity index (χ3n) is 3.34. The largest absolute Gasteiger partial charge is 0.351 e. The number of benzene rings is 2. The normalized spacial score (nSPS) is 11.9. The van der Waals surface area contributed by atoms with Gasteiger partial charge in [-0.3, -0.25) is 4.79 Å². The molecule has 0 bridgehead atoms. The summed E-state index contributed by atoms with van der Waals surface area (Å²) in [5.74, 6) is -0.550. The van der Waals surface area contributed by atoms with Crippen LogP contribution >= 0.6 is 0 Å². The zero-order valence-corrected chi connectivity index (χ0v) is 11.5. The lowest BCUT2D eigenvalue weighted by molar-refractivity contribution is -0.122. The summed E-state index contributed by atoms with van der Waals surface area (Å²) < 4.78 is 13.5. The first-order valence-corrected chi connectivity index (χ1v) is 6.78. The van der Waals surface area contributed by atoms with Gasteiger partial charge in [0.2, 0.25) is 5.91 Å². The number of hydrogen-bond acceptors (Lipinski definition) is 1. The first-order valence-electron chi connectivity index (χ1n) is 6.78. The molecule has 0 saturated heterocycles.